The molecule has 0 saturated heterocycles. The SMILES string of the molecule is CC(C)C[C@H](NC(=O)OCc1ccccc1)C(=O)NC(C(=O)O)C(c1ccccc1)c1ccccc1. The zero-order chi connectivity index (χ0) is 25.9. The van der Waals surface area contributed by atoms with E-state index in [2.05, 4.69) is 10.6 Å². The van der Waals surface area contributed by atoms with Crippen molar-refractivity contribution in [2.24, 2.45) is 5.92 Å². The minimum absolute atomic E-state index is 0.0600. The number of carbonyl (C=O) groups excluding carboxylic acids is 2. The van der Waals surface area contributed by atoms with Crippen molar-refractivity contribution >= 4 is 18.0 Å². The molecule has 2 atom stereocenters. The van der Waals surface area contributed by atoms with Gasteiger partial charge in [0.1, 0.15) is 18.7 Å². The molecule has 0 aliphatic rings. The van der Waals surface area contributed by atoms with Crippen molar-refractivity contribution in [3.8, 4) is 0 Å². The number of amides is 2. The average Bonchev–Trinajstić information content (AvgIpc) is 2.88. The lowest BCUT2D eigenvalue weighted by atomic mass is 9.84. The van der Waals surface area contributed by atoms with Crippen molar-refractivity contribution in [3.63, 3.8) is 0 Å². The summed E-state index contributed by atoms with van der Waals surface area (Å²) in [5.41, 5.74) is 2.33. The molecule has 0 radical (unpaired) electrons. The van der Waals surface area contributed by atoms with E-state index in [0.29, 0.717) is 6.42 Å². The van der Waals surface area contributed by atoms with Crippen LogP contribution in [-0.4, -0.2) is 35.2 Å². The van der Waals surface area contributed by atoms with Gasteiger partial charge in [0.05, 0.1) is 0 Å². The molecule has 0 aliphatic heterocycles. The van der Waals surface area contributed by atoms with E-state index < -0.39 is 36.0 Å². The first-order valence-electron chi connectivity index (χ1n) is 12.0. The Morgan fingerprint density at radius 2 is 1.28 bits per heavy atom. The lowest BCUT2D eigenvalue weighted by Gasteiger charge is -2.28. The second kappa shape index (κ2) is 13.1. The number of hydrogen-bond donors (Lipinski definition) is 3. The molecule has 3 aromatic carbocycles. The third-order valence-corrected chi connectivity index (χ3v) is 5.74. The van der Waals surface area contributed by atoms with E-state index in [9.17, 15) is 19.5 Å². The fraction of sp³-hybridized carbons (Fsp3) is 0.276. The number of hydrogen-bond acceptors (Lipinski definition) is 4. The maximum absolute atomic E-state index is 13.3. The van der Waals surface area contributed by atoms with Gasteiger partial charge in [-0.05, 0) is 29.0 Å². The maximum Gasteiger partial charge on any atom is 0.408 e. The number of carbonyl (C=O) groups is 3. The highest BCUT2D eigenvalue weighted by Crippen LogP contribution is 2.28. The van der Waals surface area contributed by atoms with E-state index in [4.69, 9.17) is 4.74 Å². The van der Waals surface area contributed by atoms with Crippen molar-refractivity contribution in [1.29, 1.82) is 0 Å². The van der Waals surface area contributed by atoms with Crippen LogP contribution in [0.1, 0.15) is 42.9 Å². The van der Waals surface area contributed by atoms with Gasteiger partial charge in [0.2, 0.25) is 5.91 Å². The molecule has 0 heterocycles. The normalized spacial score (nSPS) is 12.6. The van der Waals surface area contributed by atoms with Crippen molar-refractivity contribution in [3.05, 3.63) is 108 Å². The van der Waals surface area contributed by atoms with Crippen molar-refractivity contribution in [1.82, 2.24) is 10.6 Å². The summed E-state index contributed by atoms with van der Waals surface area (Å²) in [6, 6.07) is 25.4. The Morgan fingerprint density at radius 3 is 1.75 bits per heavy atom. The molecular weight excluding hydrogens is 456 g/mol. The van der Waals surface area contributed by atoms with Crippen LogP contribution in [0.4, 0.5) is 4.79 Å². The van der Waals surface area contributed by atoms with Crippen molar-refractivity contribution in [2.75, 3.05) is 0 Å². The van der Waals surface area contributed by atoms with Crippen molar-refractivity contribution < 1.29 is 24.2 Å². The topological polar surface area (TPSA) is 105 Å². The quantitative estimate of drug-likeness (QED) is 0.362. The number of aliphatic carboxylic acids is 1. The molecule has 3 rings (SSSR count). The lowest BCUT2D eigenvalue weighted by Crippen LogP contribution is -2.53. The van der Waals surface area contributed by atoms with Gasteiger partial charge in [0.25, 0.3) is 0 Å². The van der Waals surface area contributed by atoms with Gasteiger partial charge in [0, 0.05) is 5.92 Å². The Kier molecular flexibility index (Phi) is 9.63. The van der Waals surface area contributed by atoms with Crippen LogP contribution in [0.3, 0.4) is 0 Å². The fourth-order valence-corrected chi connectivity index (χ4v) is 4.05. The molecule has 1 unspecified atom stereocenters. The Bertz CT molecular complexity index is 1080. The smallest absolute Gasteiger partial charge is 0.408 e. The van der Waals surface area contributed by atoms with Crippen LogP contribution in [0.25, 0.3) is 0 Å². The van der Waals surface area contributed by atoms with Gasteiger partial charge in [-0.15, -0.1) is 0 Å². The molecule has 3 N–H and O–H groups in total. The van der Waals surface area contributed by atoms with Crippen LogP contribution in [-0.2, 0) is 20.9 Å². The third kappa shape index (κ3) is 7.70. The number of carboxylic acids is 1. The molecule has 7 nitrogen and oxygen atoms in total. The second-order valence-corrected chi connectivity index (χ2v) is 9.01. The Hall–Kier alpha value is -4.13. The highest BCUT2D eigenvalue weighted by molar-refractivity contribution is 5.90. The zero-order valence-electron chi connectivity index (χ0n) is 20.5. The second-order valence-electron chi connectivity index (χ2n) is 9.01. The molecule has 0 saturated carbocycles. The average molecular weight is 489 g/mol. The largest absolute Gasteiger partial charge is 0.480 e. The molecule has 0 spiro atoms. The zero-order valence-corrected chi connectivity index (χ0v) is 20.5. The van der Waals surface area contributed by atoms with Crippen molar-refractivity contribution in [2.45, 2.75) is 44.9 Å². The first kappa shape index (κ1) is 26.5. The number of alkyl carbamates (subject to hydrolysis) is 1. The van der Waals surface area contributed by atoms with Gasteiger partial charge in [-0.1, -0.05) is 105 Å². The van der Waals surface area contributed by atoms with Crippen LogP contribution in [0.15, 0.2) is 91.0 Å². The number of benzene rings is 3. The van der Waals surface area contributed by atoms with E-state index >= 15 is 0 Å². The lowest BCUT2D eigenvalue weighted by molar-refractivity contribution is -0.142. The third-order valence-electron chi connectivity index (χ3n) is 5.74. The van der Waals surface area contributed by atoms with E-state index in [0.717, 1.165) is 16.7 Å². The van der Waals surface area contributed by atoms with Gasteiger partial charge < -0.3 is 20.5 Å². The Labute approximate surface area is 211 Å². The molecule has 0 aliphatic carbocycles. The maximum atomic E-state index is 13.3. The number of nitrogens with one attached hydrogen (secondary N) is 2. The van der Waals surface area contributed by atoms with Crippen LogP contribution in [0, 0.1) is 5.92 Å². The Balaban J connectivity index is 1.79. The van der Waals surface area contributed by atoms with E-state index in [-0.39, 0.29) is 12.5 Å². The highest BCUT2D eigenvalue weighted by atomic mass is 16.5. The van der Waals surface area contributed by atoms with Crippen LogP contribution >= 0.6 is 0 Å². The summed E-state index contributed by atoms with van der Waals surface area (Å²) in [5.74, 6) is -2.31. The van der Waals surface area contributed by atoms with E-state index in [1.165, 1.54) is 0 Å². The minimum atomic E-state index is -1.25. The monoisotopic (exact) mass is 488 g/mol. The minimum Gasteiger partial charge on any atom is -0.480 e. The van der Waals surface area contributed by atoms with E-state index in [1.807, 2.05) is 105 Å². The molecule has 36 heavy (non-hydrogen) atoms. The summed E-state index contributed by atoms with van der Waals surface area (Å²) in [4.78, 5) is 38.2. The molecule has 0 fully saturated rings. The number of ether oxygens (including phenoxy) is 1. The molecule has 188 valence electrons. The molecule has 2 amide bonds. The highest BCUT2D eigenvalue weighted by Gasteiger charge is 2.34. The first-order valence-corrected chi connectivity index (χ1v) is 12.0. The Morgan fingerprint density at radius 1 is 0.778 bits per heavy atom. The van der Waals surface area contributed by atoms with Crippen LogP contribution in [0.5, 0.6) is 0 Å². The van der Waals surface area contributed by atoms with Gasteiger partial charge in [0.15, 0.2) is 0 Å². The summed E-state index contributed by atoms with van der Waals surface area (Å²) >= 11 is 0. The molecule has 7 heteroatoms. The molecule has 0 aromatic heterocycles. The van der Waals surface area contributed by atoms with Gasteiger partial charge in [-0.2, -0.15) is 0 Å². The fourth-order valence-electron chi connectivity index (χ4n) is 4.05. The molecule has 0 bridgehead atoms. The number of rotatable bonds is 11. The number of carboxylic acid groups (broad SMARTS) is 1. The molecular formula is C29H32N2O5. The summed E-state index contributed by atoms with van der Waals surface area (Å²) in [6.45, 7) is 3.90. The van der Waals surface area contributed by atoms with Crippen LogP contribution < -0.4 is 10.6 Å². The molecule has 3 aromatic rings. The van der Waals surface area contributed by atoms with E-state index in [1.54, 1.807) is 0 Å². The summed E-state index contributed by atoms with van der Waals surface area (Å²) in [6.07, 6.45) is -0.422. The van der Waals surface area contributed by atoms with Gasteiger partial charge in [-0.3, -0.25) is 4.79 Å². The summed E-state index contributed by atoms with van der Waals surface area (Å²) in [7, 11) is 0. The summed E-state index contributed by atoms with van der Waals surface area (Å²) in [5, 5.41) is 15.4. The predicted molar refractivity (Wildman–Crippen MR) is 137 cm³/mol. The summed E-state index contributed by atoms with van der Waals surface area (Å²) < 4.78 is 5.28. The predicted octanol–water partition coefficient (Wildman–Crippen LogP) is 4.73. The standard InChI is InChI=1S/C29H32N2O5/c1-20(2)18-24(30-29(35)36-19-21-12-6-3-7-13-21)27(32)31-26(28(33)34)25(22-14-8-4-9-15-22)23-16-10-5-11-17-23/h3-17,20,24-26H,18-19H2,1-2H3,(H,30,35)(H,31,32)(H,33,34)/t24-,26?/m0/s1. The van der Waals surface area contributed by atoms with Gasteiger partial charge in [-0.25, -0.2) is 9.59 Å². The van der Waals surface area contributed by atoms with Gasteiger partial charge >= 0.3 is 12.1 Å². The first-order chi connectivity index (χ1) is 17.3. The van der Waals surface area contributed by atoms with Crippen LogP contribution in [0.2, 0.25) is 0 Å².